The van der Waals surface area contributed by atoms with E-state index in [1.165, 1.54) is 10.9 Å². The number of rotatable bonds is 4. The molecule has 5 rings (SSSR count). The van der Waals surface area contributed by atoms with Crippen molar-refractivity contribution in [2.24, 2.45) is 10.8 Å². The Morgan fingerprint density at radius 3 is 2.62 bits per heavy atom. The normalized spacial score (nSPS) is 33.4. The van der Waals surface area contributed by atoms with Crippen molar-refractivity contribution in [2.45, 2.75) is 63.5 Å². The number of aromatic amines is 1. The summed E-state index contributed by atoms with van der Waals surface area (Å²) >= 11 is 0. The Labute approximate surface area is 141 Å². The fourth-order valence-corrected chi connectivity index (χ4v) is 5.70. The number of halogens is 2. The minimum absolute atomic E-state index is 0.260. The molecular formula is C20H24F2N2. The van der Waals surface area contributed by atoms with E-state index in [1.807, 2.05) is 6.07 Å². The first-order valence-electron chi connectivity index (χ1n) is 9.18. The summed E-state index contributed by atoms with van der Waals surface area (Å²) in [4.78, 5) is 3.31. The Bertz CT molecular complexity index is 784. The number of hydrogen-bond donors (Lipinski definition) is 2. The molecule has 0 saturated heterocycles. The fraction of sp³-hybridized carbons (Fsp3) is 0.600. The summed E-state index contributed by atoms with van der Waals surface area (Å²) in [6.07, 6.45) is 6.82. The van der Waals surface area contributed by atoms with Crippen molar-refractivity contribution >= 4 is 10.9 Å². The predicted octanol–water partition coefficient (Wildman–Crippen LogP) is 4.66. The lowest BCUT2D eigenvalue weighted by atomic mass is 9.64. The first kappa shape index (κ1) is 14.9. The molecule has 2 nitrogen and oxygen atoms in total. The average molecular weight is 330 g/mol. The summed E-state index contributed by atoms with van der Waals surface area (Å²) < 4.78 is 28.6. The molecule has 1 atom stereocenters. The largest absolute Gasteiger partial charge is 0.361 e. The molecule has 128 valence electrons. The maximum atomic E-state index is 14.3. The molecule has 1 aromatic carbocycles. The van der Waals surface area contributed by atoms with Crippen LogP contribution in [0, 0.1) is 10.8 Å². The molecule has 3 fully saturated rings. The number of H-pyrrole nitrogens is 1. The van der Waals surface area contributed by atoms with E-state index >= 15 is 0 Å². The van der Waals surface area contributed by atoms with Gasteiger partial charge in [0.25, 0.3) is 5.92 Å². The average Bonchev–Trinajstić information content (AvgIpc) is 2.73. The van der Waals surface area contributed by atoms with Crippen molar-refractivity contribution in [1.29, 1.82) is 0 Å². The van der Waals surface area contributed by atoms with Crippen molar-refractivity contribution in [3.63, 3.8) is 0 Å². The Morgan fingerprint density at radius 2 is 1.96 bits per heavy atom. The van der Waals surface area contributed by atoms with E-state index in [-0.39, 0.29) is 6.04 Å². The lowest BCUT2D eigenvalue weighted by Crippen LogP contribution is -2.50. The van der Waals surface area contributed by atoms with Crippen LogP contribution in [0.15, 0.2) is 30.5 Å². The first-order chi connectivity index (χ1) is 11.5. The van der Waals surface area contributed by atoms with Gasteiger partial charge >= 0.3 is 0 Å². The molecule has 0 amide bonds. The third-order valence-corrected chi connectivity index (χ3v) is 7.17. The number of hydrogen-bond acceptors (Lipinski definition) is 1. The Balaban J connectivity index is 1.21. The number of alkyl halides is 2. The Hall–Kier alpha value is -1.42. The highest BCUT2D eigenvalue weighted by atomic mass is 19.3. The van der Waals surface area contributed by atoms with Gasteiger partial charge in [-0.3, -0.25) is 0 Å². The van der Waals surface area contributed by atoms with Crippen molar-refractivity contribution in [1.82, 2.24) is 10.3 Å². The molecule has 2 N–H and O–H groups in total. The van der Waals surface area contributed by atoms with E-state index in [0.29, 0.717) is 18.9 Å². The number of fused-ring (bicyclic) bond motifs is 2. The highest BCUT2D eigenvalue weighted by molar-refractivity contribution is 5.83. The van der Waals surface area contributed by atoms with Crippen molar-refractivity contribution in [3.05, 3.63) is 36.0 Å². The molecule has 0 bridgehead atoms. The molecule has 3 saturated carbocycles. The topological polar surface area (TPSA) is 27.8 Å². The molecular weight excluding hydrogens is 306 g/mol. The molecule has 2 spiro atoms. The van der Waals surface area contributed by atoms with Gasteiger partial charge in [-0.1, -0.05) is 24.6 Å². The highest BCUT2D eigenvalue weighted by Gasteiger charge is 2.93. The summed E-state index contributed by atoms with van der Waals surface area (Å²) in [5.41, 5.74) is 1.22. The molecule has 0 aliphatic heterocycles. The quantitative estimate of drug-likeness (QED) is 0.838. The van der Waals surface area contributed by atoms with E-state index in [0.717, 1.165) is 31.2 Å². The summed E-state index contributed by atoms with van der Waals surface area (Å²) in [7, 11) is 0. The van der Waals surface area contributed by atoms with Crippen LogP contribution in [0.5, 0.6) is 0 Å². The third kappa shape index (κ3) is 1.63. The monoisotopic (exact) mass is 330 g/mol. The van der Waals surface area contributed by atoms with Gasteiger partial charge in [0.1, 0.15) is 0 Å². The van der Waals surface area contributed by atoms with Gasteiger partial charge in [-0.25, -0.2) is 8.78 Å². The van der Waals surface area contributed by atoms with Crippen LogP contribution in [0.25, 0.3) is 10.9 Å². The standard InChI is InChI=1S/C20H24F2N2/c1-13(9-14-12-23-17-6-3-2-5-16(14)17)24-15-10-19(11-15)18(7-4-8-18)20(19,21)22/h2-3,5-6,12-13,15,23-24H,4,7-11H2,1H3. The van der Waals surface area contributed by atoms with Gasteiger partial charge in [0, 0.05) is 40.0 Å². The van der Waals surface area contributed by atoms with E-state index in [9.17, 15) is 8.78 Å². The van der Waals surface area contributed by atoms with E-state index < -0.39 is 16.8 Å². The second-order valence-corrected chi connectivity index (χ2v) is 8.33. The van der Waals surface area contributed by atoms with Crippen LogP contribution in [-0.2, 0) is 6.42 Å². The third-order valence-electron chi connectivity index (χ3n) is 7.17. The van der Waals surface area contributed by atoms with Crippen LogP contribution in [0.4, 0.5) is 8.78 Å². The van der Waals surface area contributed by atoms with Gasteiger partial charge in [0.15, 0.2) is 0 Å². The minimum atomic E-state index is -2.39. The number of nitrogens with one attached hydrogen (secondary N) is 2. The second kappa shape index (κ2) is 4.60. The lowest BCUT2D eigenvalue weighted by Gasteiger charge is -2.42. The van der Waals surface area contributed by atoms with Gasteiger partial charge in [0.05, 0.1) is 0 Å². The zero-order valence-corrected chi connectivity index (χ0v) is 14.0. The van der Waals surface area contributed by atoms with Crippen LogP contribution in [-0.4, -0.2) is 23.0 Å². The lowest BCUT2D eigenvalue weighted by molar-refractivity contribution is 0.00472. The molecule has 1 heterocycles. The smallest absolute Gasteiger partial charge is 0.260 e. The van der Waals surface area contributed by atoms with E-state index in [1.54, 1.807) is 0 Å². The van der Waals surface area contributed by atoms with Crippen molar-refractivity contribution in [2.75, 3.05) is 0 Å². The van der Waals surface area contributed by atoms with Crippen LogP contribution in [0.1, 0.15) is 44.6 Å². The predicted molar refractivity (Wildman–Crippen MR) is 91.3 cm³/mol. The number of aromatic nitrogens is 1. The molecule has 0 radical (unpaired) electrons. The van der Waals surface area contributed by atoms with Crippen molar-refractivity contribution < 1.29 is 8.78 Å². The van der Waals surface area contributed by atoms with Gasteiger partial charge in [-0.15, -0.1) is 0 Å². The minimum Gasteiger partial charge on any atom is -0.361 e. The van der Waals surface area contributed by atoms with Crippen LogP contribution in [0.2, 0.25) is 0 Å². The van der Waals surface area contributed by atoms with Gasteiger partial charge in [-0.05, 0) is 50.7 Å². The second-order valence-electron chi connectivity index (χ2n) is 8.33. The van der Waals surface area contributed by atoms with Gasteiger partial charge < -0.3 is 10.3 Å². The van der Waals surface area contributed by atoms with Crippen LogP contribution in [0.3, 0.4) is 0 Å². The SMILES string of the molecule is CC(Cc1c[nH]c2ccccc12)NC1CC2(C1)C(F)(F)C21CCC1. The number of para-hydroxylation sites is 1. The van der Waals surface area contributed by atoms with E-state index in [2.05, 4.69) is 41.6 Å². The molecule has 3 aliphatic rings. The number of benzene rings is 1. The summed E-state index contributed by atoms with van der Waals surface area (Å²) in [6.45, 7) is 2.16. The van der Waals surface area contributed by atoms with Crippen LogP contribution < -0.4 is 5.32 Å². The Kier molecular flexibility index (Phi) is 2.85. The van der Waals surface area contributed by atoms with Crippen molar-refractivity contribution in [3.8, 4) is 0 Å². The van der Waals surface area contributed by atoms with E-state index in [4.69, 9.17) is 0 Å². The molecule has 2 aromatic rings. The summed E-state index contributed by atoms with van der Waals surface area (Å²) in [5.74, 6) is -2.39. The molecule has 1 aromatic heterocycles. The highest BCUT2D eigenvalue weighted by Crippen LogP contribution is 2.88. The molecule has 24 heavy (non-hydrogen) atoms. The molecule has 4 heteroatoms. The maximum Gasteiger partial charge on any atom is 0.260 e. The Morgan fingerprint density at radius 1 is 1.21 bits per heavy atom. The van der Waals surface area contributed by atoms with Gasteiger partial charge in [-0.2, -0.15) is 0 Å². The molecule has 1 unspecified atom stereocenters. The zero-order chi connectivity index (χ0) is 16.6. The molecule has 3 aliphatic carbocycles. The zero-order valence-electron chi connectivity index (χ0n) is 14.0. The van der Waals surface area contributed by atoms with Gasteiger partial charge in [0.2, 0.25) is 0 Å². The first-order valence-corrected chi connectivity index (χ1v) is 9.18. The fourth-order valence-electron chi connectivity index (χ4n) is 5.70. The van der Waals surface area contributed by atoms with Crippen LogP contribution >= 0.6 is 0 Å². The summed E-state index contributed by atoms with van der Waals surface area (Å²) in [5, 5.41) is 4.85. The maximum absolute atomic E-state index is 14.3. The summed E-state index contributed by atoms with van der Waals surface area (Å²) in [6, 6.07) is 8.87.